The van der Waals surface area contributed by atoms with E-state index >= 15 is 19.2 Å². The second-order valence-electron chi connectivity index (χ2n) is 32.5. The molecule has 1 unspecified atom stereocenters. The average Bonchev–Trinajstić information content (AvgIpc) is 1.03. The number of esters is 1. The third kappa shape index (κ3) is 29.6. The van der Waals surface area contributed by atoms with Gasteiger partial charge in [0.15, 0.2) is 0 Å². The van der Waals surface area contributed by atoms with Gasteiger partial charge in [0.05, 0.1) is 31.2 Å². The van der Waals surface area contributed by atoms with Gasteiger partial charge < -0.3 is 93.8 Å². The maximum Gasteiger partial charge on any atom is 0.325 e. The van der Waals surface area contributed by atoms with E-state index in [1.807, 2.05) is 48.5 Å². The van der Waals surface area contributed by atoms with E-state index in [9.17, 15) is 33.6 Å². The van der Waals surface area contributed by atoms with Gasteiger partial charge in [-0.1, -0.05) is 146 Å². The molecule has 612 valence electrons. The summed E-state index contributed by atoms with van der Waals surface area (Å²) in [4.78, 5) is 165. The van der Waals surface area contributed by atoms with Gasteiger partial charge in [-0.15, -0.1) is 0 Å². The molecule has 10 amide bonds. The Labute approximate surface area is 642 Å². The molecule has 4 aliphatic rings. The number of carbonyl (C=O) groups excluding carboxylic acids is 11. The van der Waals surface area contributed by atoms with Gasteiger partial charge in [0, 0.05) is 52.4 Å². The van der Waals surface area contributed by atoms with Crippen molar-refractivity contribution in [2.45, 2.75) is 290 Å². The van der Waals surface area contributed by atoms with Crippen LogP contribution in [0.5, 0.6) is 5.75 Å². The Kier molecular flexibility index (Phi) is 39.5. The first-order chi connectivity index (χ1) is 51.3. The Balaban J connectivity index is 1.56. The lowest BCUT2D eigenvalue weighted by atomic mass is 9.82. The summed E-state index contributed by atoms with van der Waals surface area (Å²) in [5.74, 6) is -9.40. The topological polar surface area (TPSA) is 417 Å². The predicted molar refractivity (Wildman–Crippen MR) is 413 cm³/mol. The maximum absolute atomic E-state index is 15.5. The van der Waals surface area contributed by atoms with Gasteiger partial charge >= 0.3 is 5.97 Å². The molecule has 2 aliphatic carbocycles. The maximum atomic E-state index is 15.5. The van der Waals surface area contributed by atoms with Crippen LogP contribution in [0.2, 0.25) is 0 Å². The molecule has 0 spiro atoms. The van der Waals surface area contributed by atoms with Crippen LogP contribution in [0, 0.1) is 40.9 Å². The number of carbonyl (C=O) groups is 11. The van der Waals surface area contributed by atoms with Crippen LogP contribution >= 0.6 is 0 Å². The molecule has 1 aromatic rings. The highest BCUT2D eigenvalue weighted by atomic mass is 16.5. The lowest BCUT2D eigenvalue weighted by molar-refractivity contribution is -0.158. The van der Waals surface area contributed by atoms with E-state index in [0.717, 1.165) is 69.8 Å². The molecule has 0 bridgehead atoms. The number of nitrogens with two attached hydrogens (primary N) is 3. The predicted octanol–water partition coefficient (Wildman–Crippen LogP) is 4.03. The number of likely N-dealkylation sites (N-methyl/N-ethyl adjacent to an activating group) is 2. The third-order valence-corrected chi connectivity index (χ3v) is 21.6. The number of cyclic esters (lactones) is 1. The van der Waals surface area contributed by atoms with E-state index in [-0.39, 0.29) is 108 Å². The molecule has 15 N–H and O–H groups in total. The van der Waals surface area contributed by atoms with E-state index in [4.69, 9.17) is 36.1 Å². The third-order valence-electron chi connectivity index (χ3n) is 21.6. The Bertz CT molecular complexity index is 3020. The lowest BCUT2D eigenvalue weighted by Gasteiger charge is -2.37. The second kappa shape index (κ2) is 46.6. The van der Waals surface area contributed by atoms with Crippen molar-refractivity contribution in [1.82, 2.24) is 57.7 Å². The molecule has 2 aliphatic heterocycles. The van der Waals surface area contributed by atoms with Crippen LogP contribution in [0.3, 0.4) is 0 Å². The zero-order valence-corrected chi connectivity index (χ0v) is 67.2. The van der Waals surface area contributed by atoms with Crippen LogP contribution in [0.4, 0.5) is 0 Å². The summed E-state index contributed by atoms with van der Waals surface area (Å²) in [5.41, 5.74) is 18.0. The Morgan fingerprint density at radius 3 is 1.57 bits per heavy atom. The highest BCUT2D eigenvalue weighted by Crippen LogP contribution is 2.32. The van der Waals surface area contributed by atoms with E-state index in [1.54, 1.807) is 52.1 Å². The monoisotopic (exact) mass is 1520 g/mol. The number of amides is 10. The first-order valence-electron chi connectivity index (χ1n) is 40.2. The van der Waals surface area contributed by atoms with E-state index in [1.165, 1.54) is 16.8 Å². The van der Waals surface area contributed by atoms with E-state index in [2.05, 4.69) is 54.8 Å². The van der Waals surface area contributed by atoms with Crippen LogP contribution in [0.15, 0.2) is 24.3 Å². The summed E-state index contributed by atoms with van der Waals surface area (Å²) in [6, 6.07) is -4.00. The van der Waals surface area contributed by atoms with Crippen LogP contribution in [0.1, 0.15) is 217 Å². The van der Waals surface area contributed by atoms with Crippen molar-refractivity contribution in [3.63, 3.8) is 0 Å². The fourth-order valence-corrected chi connectivity index (χ4v) is 14.9. The van der Waals surface area contributed by atoms with Crippen LogP contribution in [-0.4, -0.2) is 214 Å². The number of nitrogens with zero attached hydrogens (tertiary/aromatic N) is 2. The van der Waals surface area contributed by atoms with Crippen molar-refractivity contribution < 1.29 is 71.7 Å². The average molecular weight is 1520 g/mol. The number of benzene rings is 1. The van der Waals surface area contributed by atoms with E-state index < -0.39 is 156 Å². The Morgan fingerprint density at radius 2 is 1.06 bits per heavy atom. The largest absolute Gasteiger partial charge is 0.491 e. The molecule has 5 rings (SSSR count). The second-order valence-corrected chi connectivity index (χ2v) is 32.5. The first-order valence-corrected chi connectivity index (χ1v) is 40.2. The number of nitrogens with one attached hydrogen (secondary N) is 9. The van der Waals surface area contributed by atoms with Gasteiger partial charge in [0.2, 0.25) is 59.1 Å². The highest BCUT2D eigenvalue weighted by molar-refractivity contribution is 5.98. The molecule has 4 fully saturated rings. The minimum Gasteiger partial charge on any atom is -0.491 e. The number of unbranched alkanes of at least 4 members (excludes halogenated alkanes) is 3. The van der Waals surface area contributed by atoms with Crippen LogP contribution < -0.4 is 69.8 Å². The standard InChI is InChI=1S/C79H136N14O15/c1-14-15-16-23-30-63-51(7)77(103)92(12)61(39-48(2)3)73(99)91-68(55-28-21-18-22-29-55)76(102)87-58(71(97)89-60(72(98)85-50(6)45-107-63)47-106-56-35-33-53(41-81)34-36-56)43-83-65(79(9,10)11)32-24-31-64-52(8)78(104)93(13)62(40-49(4)5)74(100)90-67(54-26-19-17-20-27-54)75(101)86-57(42-82)70(96)88-59(46-105-38-25-37-80)69(95)84-44-66(94)108-64/h33-36,48-52,54-55,57-65,67-68,83H,14-32,37-47,80-82H2,1-13H3,(H,84,95)(H,85,98)(H,86,101)(H,87,102)(H,88,96)(H,89,97)(H,90,100)(H,91,99)/t50-,51-,52-,57+,58+,59+,60+,61+,62+,63-,64-,65?,67+,68+/m1/s1. The summed E-state index contributed by atoms with van der Waals surface area (Å²) in [5, 5.41) is 26.5. The van der Waals surface area contributed by atoms with Crippen molar-refractivity contribution in [3.05, 3.63) is 29.8 Å². The quantitative estimate of drug-likeness (QED) is 0.0416. The van der Waals surface area contributed by atoms with Gasteiger partial charge in [-0.2, -0.15) is 0 Å². The molecule has 14 atom stereocenters. The summed E-state index contributed by atoms with van der Waals surface area (Å²) < 4.78 is 24.8. The number of hydrogen-bond acceptors (Lipinski definition) is 19. The lowest BCUT2D eigenvalue weighted by Crippen LogP contribution is -2.63. The van der Waals surface area contributed by atoms with Crippen molar-refractivity contribution in [2.24, 2.45) is 58.1 Å². The summed E-state index contributed by atoms with van der Waals surface area (Å²) in [6.07, 6.45) is 11.5. The van der Waals surface area contributed by atoms with E-state index in [0.29, 0.717) is 50.7 Å². The van der Waals surface area contributed by atoms with Crippen molar-refractivity contribution in [2.75, 3.05) is 66.7 Å². The van der Waals surface area contributed by atoms with Gasteiger partial charge in [0.25, 0.3) is 0 Å². The van der Waals surface area contributed by atoms with Crippen LogP contribution in [0.25, 0.3) is 0 Å². The van der Waals surface area contributed by atoms with Crippen molar-refractivity contribution >= 4 is 65.0 Å². The summed E-state index contributed by atoms with van der Waals surface area (Å²) in [6.45, 7) is 19.7. The fourth-order valence-electron chi connectivity index (χ4n) is 14.9. The highest BCUT2D eigenvalue weighted by Gasteiger charge is 2.43. The molecular formula is C79H136N14O15. The number of ether oxygens (including phenoxy) is 4. The number of rotatable bonds is 28. The van der Waals surface area contributed by atoms with Crippen molar-refractivity contribution in [1.29, 1.82) is 0 Å². The fraction of sp³-hybridized carbons (Fsp3) is 0.785. The molecular weight excluding hydrogens is 1380 g/mol. The molecule has 29 heteroatoms. The zero-order valence-electron chi connectivity index (χ0n) is 67.2. The summed E-state index contributed by atoms with van der Waals surface area (Å²) >= 11 is 0. The molecule has 1 aromatic carbocycles. The zero-order chi connectivity index (χ0) is 79.8. The molecule has 0 radical (unpaired) electrons. The Morgan fingerprint density at radius 1 is 0.565 bits per heavy atom. The SMILES string of the molecule is CCCCCC[C@H]1OC[C@@H](C)NC(=O)[C@H](COc2ccc(CN)cc2)NC(=O)[C@H](CNC(CCC[C@H]2OC(=O)CNC(=O)[C@H](COCCCN)NC(=O)[C@H](CN)NC(=O)[C@H](C3CCCCC3)NC(=O)[C@H](CC(C)C)N(C)C(=O)[C@@H]2C)C(C)(C)C)NC(=O)[C@H](C2CCCCC2)NC(=O)[C@H](CC(C)C)N(C)C(=O)[C@@H]1C. The molecule has 108 heavy (non-hydrogen) atoms. The minimum absolute atomic E-state index is 0.00311. The Hall–Kier alpha value is -7.05. The first kappa shape index (κ1) is 91.6. The molecule has 2 saturated carbocycles. The molecule has 0 aromatic heterocycles. The molecule has 2 saturated heterocycles. The normalized spacial score (nSPS) is 27.6. The number of hydrogen-bond donors (Lipinski definition) is 12. The molecule has 29 nitrogen and oxygen atoms in total. The summed E-state index contributed by atoms with van der Waals surface area (Å²) in [7, 11) is 3.12. The van der Waals surface area contributed by atoms with Crippen molar-refractivity contribution in [3.8, 4) is 5.75 Å². The van der Waals surface area contributed by atoms with Gasteiger partial charge in [-0.25, -0.2) is 0 Å². The molecule has 2 heterocycles. The van der Waals surface area contributed by atoms with Gasteiger partial charge in [0.1, 0.15) is 73.3 Å². The van der Waals surface area contributed by atoms with Gasteiger partial charge in [-0.05, 0) is 131 Å². The van der Waals surface area contributed by atoms with Crippen LogP contribution in [-0.2, 0) is 73.5 Å². The van der Waals surface area contributed by atoms with Gasteiger partial charge in [-0.3, -0.25) is 52.7 Å². The smallest absolute Gasteiger partial charge is 0.325 e. The minimum atomic E-state index is -1.41.